The summed E-state index contributed by atoms with van der Waals surface area (Å²) in [6.45, 7) is 1.57. The topological polar surface area (TPSA) is 6.48 Å². The first kappa shape index (κ1) is 48.0. The van der Waals surface area contributed by atoms with Gasteiger partial charge in [0.05, 0.1) is 17.6 Å². The molecule has 0 unspecified atom stereocenters. The van der Waals surface area contributed by atoms with Crippen LogP contribution in [-0.4, -0.2) is 27.2 Å². The van der Waals surface area contributed by atoms with E-state index in [0.717, 1.165) is 31.4 Å². The minimum Gasteiger partial charge on any atom is -1.00 e. The fraction of sp³-hybridized carbons (Fsp3) is 0.119. The molecule has 0 N–H and O–H groups in total. The molecule has 65 heavy (non-hydrogen) atoms. The molecular weight excluding hydrogens is 1050 g/mol. The van der Waals surface area contributed by atoms with E-state index in [1.807, 2.05) is 0 Å². The summed E-state index contributed by atoms with van der Waals surface area (Å²) < 4.78 is 0. The van der Waals surface area contributed by atoms with Crippen LogP contribution in [0.4, 0.5) is 0 Å². The fourth-order valence-electron chi connectivity index (χ4n) is 9.39. The summed E-state index contributed by atoms with van der Waals surface area (Å²) in [6, 6.07) is 87.7. The van der Waals surface area contributed by atoms with E-state index in [2.05, 4.69) is 258 Å². The summed E-state index contributed by atoms with van der Waals surface area (Å²) in [7, 11) is -1.97. The van der Waals surface area contributed by atoms with Gasteiger partial charge in [-0.2, -0.15) is 0 Å². The van der Waals surface area contributed by atoms with Gasteiger partial charge < -0.3 is 57.8 Å². The fourth-order valence-corrected chi connectivity index (χ4v) is 15.2. The first-order chi connectivity index (χ1) is 30.7. The lowest BCUT2D eigenvalue weighted by molar-refractivity contribution is -0.00100. The van der Waals surface area contributed by atoms with Crippen LogP contribution < -0.4 is 63.9 Å². The Labute approximate surface area is 425 Å². The summed E-state index contributed by atoms with van der Waals surface area (Å²) >= 11 is 2.10. The number of halogens is 2. The van der Waals surface area contributed by atoms with Gasteiger partial charge in [-0.15, -0.1) is 11.8 Å². The molecule has 6 heteroatoms. The van der Waals surface area contributed by atoms with Crippen molar-refractivity contribution in [1.29, 1.82) is 0 Å². The van der Waals surface area contributed by atoms with Gasteiger partial charge in [0.15, 0.2) is 5.50 Å². The lowest BCUT2D eigenvalue weighted by atomic mass is 10.0. The first-order valence-electron chi connectivity index (χ1n) is 21.7. The molecule has 1 aliphatic rings. The Morgan fingerprint density at radius 3 is 1.11 bits per heavy atom. The number of thioether (sulfide) groups is 1. The molecule has 0 saturated carbocycles. The van der Waals surface area contributed by atoms with Crippen molar-refractivity contribution in [2.75, 3.05) is 11.9 Å². The van der Waals surface area contributed by atoms with Crippen molar-refractivity contribution < 1.29 is 48.0 Å². The van der Waals surface area contributed by atoms with Gasteiger partial charge in [0.1, 0.15) is 23.2 Å². The molecule has 0 spiro atoms. The Balaban J connectivity index is 0.00000210. The van der Waals surface area contributed by atoms with Gasteiger partial charge in [-0.05, 0) is 87.6 Å². The van der Waals surface area contributed by atoms with Crippen LogP contribution in [0.1, 0.15) is 36.1 Å². The minimum atomic E-state index is -1.97. The van der Waals surface area contributed by atoms with Gasteiger partial charge in [-0.1, -0.05) is 195 Å². The van der Waals surface area contributed by atoms with E-state index in [4.69, 9.17) is 0 Å². The zero-order valence-electron chi connectivity index (χ0n) is 35.6. The van der Waals surface area contributed by atoms with Crippen molar-refractivity contribution in [3.05, 3.63) is 259 Å². The quantitative estimate of drug-likeness (QED) is 0.0623. The standard InChI is InChI=1S/C58H50N2PS.CH4.2HI/c1-6-23-49(24-7-1)56-57(50-25-8-2-9-26-50)60(44-46-36-38-48-22-17-19-28-52(48)42-46)58(59(56)43-45-35-37-47-21-16-18-27-51(47)41-45)62-40-20-39-61(53-29-10-3-11-30-53,54-31-12-4-13-32-54)55-33-14-5-15-34-55;;;/h1-19,21-38,41-42,58H,20,39-40,43-44H2;1H4;2*1H/q+1;;;/p-2. The van der Waals surface area contributed by atoms with Crippen molar-refractivity contribution in [2.24, 2.45) is 0 Å². The highest BCUT2D eigenvalue weighted by Crippen LogP contribution is 2.56. The number of nitrogens with zero attached hydrogens (tertiary/aromatic N) is 2. The van der Waals surface area contributed by atoms with Gasteiger partial charge >= 0.3 is 0 Å². The lowest BCUT2D eigenvalue weighted by Gasteiger charge is -2.35. The molecule has 9 aromatic rings. The summed E-state index contributed by atoms with van der Waals surface area (Å²) in [5.74, 6) is 1.01. The van der Waals surface area contributed by atoms with Gasteiger partial charge in [0.25, 0.3) is 0 Å². The molecule has 1 heterocycles. The van der Waals surface area contributed by atoms with Crippen LogP contribution in [0.25, 0.3) is 32.9 Å². The Hall–Kier alpha value is -4.92. The van der Waals surface area contributed by atoms with E-state index >= 15 is 0 Å². The molecular formula is C59H54I2N2PS-. The summed E-state index contributed by atoms with van der Waals surface area (Å²) in [4.78, 5) is 5.42. The predicted octanol–water partition coefficient (Wildman–Crippen LogP) is 7.88. The van der Waals surface area contributed by atoms with Crippen LogP contribution in [0.2, 0.25) is 0 Å². The van der Waals surface area contributed by atoms with Gasteiger partial charge in [-0.25, -0.2) is 0 Å². The van der Waals surface area contributed by atoms with Crippen LogP contribution in [-0.2, 0) is 13.1 Å². The minimum absolute atomic E-state index is 0. The maximum absolute atomic E-state index is 2.71. The molecule has 1 aliphatic heterocycles. The van der Waals surface area contributed by atoms with Gasteiger partial charge in [0.2, 0.25) is 0 Å². The number of hydrogen-bond acceptors (Lipinski definition) is 3. The molecule has 0 amide bonds. The predicted molar refractivity (Wildman–Crippen MR) is 276 cm³/mol. The molecule has 0 saturated heterocycles. The van der Waals surface area contributed by atoms with E-state index in [-0.39, 0.29) is 60.9 Å². The average Bonchev–Trinajstić information content (AvgIpc) is 3.64. The van der Waals surface area contributed by atoms with Crippen molar-refractivity contribution in [3.63, 3.8) is 0 Å². The maximum atomic E-state index is 2.71. The third-order valence-electron chi connectivity index (χ3n) is 12.3. The van der Waals surface area contributed by atoms with E-state index in [9.17, 15) is 0 Å². The van der Waals surface area contributed by atoms with Crippen molar-refractivity contribution >= 4 is 67.9 Å². The third-order valence-corrected chi connectivity index (χ3v) is 18.1. The van der Waals surface area contributed by atoms with Crippen LogP contribution in [0.5, 0.6) is 0 Å². The molecule has 0 aliphatic carbocycles. The van der Waals surface area contributed by atoms with Gasteiger partial charge in [-0.3, -0.25) is 0 Å². The second kappa shape index (κ2) is 22.5. The Morgan fingerprint density at radius 1 is 0.385 bits per heavy atom. The van der Waals surface area contributed by atoms with Crippen LogP contribution in [0.3, 0.4) is 0 Å². The third kappa shape index (κ3) is 10.2. The zero-order valence-corrected chi connectivity index (χ0v) is 41.7. The van der Waals surface area contributed by atoms with Crippen LogP contribution >= 0.6 is 19.0 Å². The average molecular weight is 1110 g/mol. The van der Waals surface area contributed by atoms with Crippen LogP contribution in [0, 0.1) is 0 Å². The van der Waals surface area contributed by atoms with E-state index in [0.29, 0.717) is 0 Å². The summed E-state index contributed by atoms with van der Waals surface area (Å²) in [5, 5.41) is 9.42. The molecule has 2 nitrogen and oxygen atoms in total. The maximum Gasteiger partial charge on any atom is 0.151 e. The molecule has 0 aromatic heterocycles. The highest BCUT2D eigenvalue weighted by Gasteiger charge is 2.45. The van der Waals surface area contributed by atoms with Crippen molar-refractivity contribution in [3.8, 4) is 0 Å². The normalized spacial score (nSPS) is 12.7. The summed E-state index contributed by atoms with van der Waals surface area (Å²) in [5.41, 5.74) is 7.69. The number of benzene rings is 9. The Morgan fingerprint density at radius 2 is 0.723 bits per heavy atom. The smallest absolute Gasteiger partial charge is 0.151 e. The van der Waals surface area contributed by atoms with E-state index in [1.165, 1.54) is 71.1 Å². The highest BCUT2D eigenvalue weighted by atomic mass is 127. The zero-order chi connectivity index (χ0) is 41.6. The SMILES string of the molecule is C.[I-].[I-].c1ccc(C2=C(c3ccccc3)N(Cc3ccc4ccccc4c3)C(SCCC[P+](c3ccccc3)(c3ccccc3)c3ccccc3)N2Cc2ccc3ccccc3c2)cc1. The second-order valence-electron chi connectivity index (χ2n) is 16.1. The number of hydrogen-bond donors (Lipinski definition) is 0. The largest absolute Gasteiger partial charge is 1.00 e. The second-order valence-corrected chi connectivity index (χ2v) is 20.9. The van der Waals surface area contributed by atoms with Crippen molar-refractivity contribution in [1.82, 2.24) is 9.80 Å². The van der Waals surface area contributed by atoms with E-state index < -0.39 is 7.26 Å². The molecule has 0 radical (unpaired) electrons. The Kier molecular flexibility index (Phi) is 16.6. The highest BCUT2D eigenvalue weighted by molar-refractivity contribution is 8.00. The monoisotopic (exact) mass is 1110 g/mol. The van der Waals surface area contributed by atoms with E-state index in [1.54, 1.807) is 0 Å². The molecule has 10 rings (SSSR count). The van der Waals surface area contributed by atoms with Crippen molar-refractivity contribution in [2.45, 2.75) is 32.4 Å². The summed E-state index contributed by atoms with van der Waals surface area (Å²) in [6.07, 6.45) is 2.16. The number of rotatable bonds is 14. The molecule has 0 fully saturated rings. The number of fused-ring (bicyclic) bond motifs is 2. The van der Waals surface area contributed by atoms with Crippen LogP contribution in [0.15, 0.2) is 237 Å². The van der Waals surface area contributed by atoms with Gasteiger partial charge in [0, 0.05) is 30.0 Å². The molecule has 9 aromatic carbocycles. The first-order valence-corrected chi connectivity index (χ1v) is 24.8. The molecule has 0 atom stereocenters. The molecule has 0 bridgehead atoms. The molecule has 326 valence electrons. The Bertz CT molecular complexity index is 2700. The lowest BCUT2D eigenvalue weighted by Crippen LogP contribution is -3.00.